The third kappa shape index (κ3) is 4.53. The summed E-state index contributed by atoms with van der Waals surface area (Å²) in [5.41, 5.74) is 1.87. The summed E-state index contributed by atoms with van der Waals surface area (Å²) in [4.78, 5) is 0. The summed E-state index contributed by atoms with van der Waals surface area (Å²) in [6, 6.07) is 16.8. The summed E-state index contributed by atoms with van der Waals surface area (Å²) >= 11 is 0. The minimum atomic E-state index is -0.618. The quantitative estimate of drug-likeness (QED) is 0.707. The van der Waals surface area contributed by atoms with Crippen molar-refractivity contribution in [3.05, 3.63) is 71.8 Å². The number of aliphatic hydroxyl groups is 1. The molecular weight excluding hydrogens is 250 g/mol. The summed E-state index contributed by atoms with van der Waals surface area (Å²) in [5.74, 6) is 0.172. The maximum absolute atomic E-state index is 9.96. The first-order valence-electron chi connectivity index (χ1n) is 6.65. The van der Waals surface area contributed by atoms with Crippen LogP contribution in [0.5, 0.6) is 5.75 Å². The van der Waals surface area contributed by atoms with E-state index in [2.05, 4.69) is 5.32 Å². The number of phenols is 1. The lowest BCUT2D eigenvalue weighted by Gasteiger charge is -2.11. The van der Waals surface area contributed by atoms with Crippen LogP contribution in [0.4, 0.5) is 0 Å². The molecule has 0 aromatic heterocycles. The highest BCUT2D eigenvalue weighted by molar-refractivity contribution is 5.48. The Balaban J connectivity index is 1.74. The summed E-state index contributed by atoms with van der Waals surface area (Å²) < 4.78 is 0. The van der Waals surface area contributed by atoms with E-state index in [0.717, 1.165) is 5.56 Å². The van der Waals surface area contributed by atoms with Gasteiger partial charge in [0.05, 0.1) is 6.10 Å². The number of phenolic OH excluding ortho intramolecular Hbond substituents is 1. The fraction of sp³-hybridized carbons (Fsp3) is 0.176. The Morgan fingerprint density at radius 3 is 2.60 bits per heavy atom. The van der Waals surface area contributed by atoms with Crippen LogP contribution in [-0.2, 0) is 0 Å². The van der Waals surface area contributed by atoms with Crippen LogP contribution in [0.15, 0.2) is 60.7 Å². The highest BCUT2D eigenvalue weighted by Crippen LogP contribution is 2.17. The van der Waals surface area contributed by atoms with Gasteiger partial charge in [-0.05, 0) is 23.3 Å². The van der Waals surface area contributed by atoms with Crippen molar-refractivity contribution in [2.75, 3.05) is 13.1 Å². The smallest absolute Gasteiger partial charge is 0.115 e. The molecule has 1 atom stereocenters. The third-order valence-electron chi connectivity index (χ3n) is 2.96. The number of benzene rings is 2. The van der Waals surface area contributed by atoms with E-state index in [1.165, 1.54) is 0 Å². The van der Waals surface area contributed by atoms with Crippen LogP contribution < -0.4 is 5.32 Å². The van der Waals surface area contributed by atoms with Gasteiger partial charge in [0.15, 0.2) is 0 Å². The second kappa shape index (κ2) is 7.48. The molecule has 0 saturated heterocycles. The second-order valence-electron chi connectivity index (χ2n) is 4.58. The molecule has 0 bridgehead atoms. The molecule has 1 unspecified atom stereocenters. The highest BCUT2D eigenvalue weighted by atomic mass is 16.3. The molecule has 2 aromatic carbocycles. The van der Waals surface area contributed by atoms with Crippen LogP contribution in [0.25, 0.3) is 6.08 Å². The summed E-state index contributed by atoms with van der Waals surface area (Å²) in [7, 11) is 0. The standard InChI is InChI=1S/C17H19NO2/c19-16-10-4-9-15(12-16)17(20)13-18-11-5-8-14-6-2-1-3-7-14/h1-10,12,17-20H,11,13H2. The molecule has 20 heavy (non-hydrogen) atoms. The Kier molecular flexibility index (Phi) is 5.35. The number of nitrogens with one attached hydrogen (secondary N) is 1. The van der Waals surface area contributed by atoms with Crippen molar-refractivity contribution in [3.8, 4) is 5.75 Å². The van der Waals surface area contributed by atoms with Crippen molar-refractivity contribution in [2.24, 2.45) is 0 Å². The van der Waals surface area contributed by atoms with Gasteiger partial charge in [-0.3, -0.25) is 0 Å². The molecule has 0 amide bonds. The predicted octanol–water partition coefficient (Wildman–Crippen LogP) is 2.73. The molecule has 0 spiro atoms. The molecular formula is C17H19NO2. The van der Waals surface area contributed by atoms with Gasteiger partial charge in [-0.2, -0.15) is 0 Å². The minimum absolute atomic E-state index is 0.172. The average Bonchev–Trinajstić information content (AvgIpc) is 2.48. The van der Waals surface area contributed by atoms with Gasteiger partial charge in [0.25, 0.3) is 0 Å². The van der Waals surface area contributed by atoms with E-state index in [1.807, 2.05) is 42.5 Å². The number of rotatable bonds is 6. The summed E-state index contributed by atoms with van der Waals surface area (Å²) in [5, 5.41) is 22.5. The second-order valence-corrected chi connectivity index (χ2v) is 4.58. The molecule has 0 aliphatic rings. The molecule has 0 aliphatic carbocycles. The number of aromatic hydroxyl groups is 1. The molecule has 104 valence electrons. The van der Waals surface area contributed by atoms with Crippen LogP contribution >= 0.6 is 0 Å². The molecule has 0 fully saturated rings. The molecule has 3 heteroatoms. The van der Waals surface area contributed by atoms with Crippen molar-refractivity contribution in [1.29, 1.82) is 0 Å². The minimum Gasteiger partial charge on any atom is -0.508 e. The van der Waals surface area contributed by atoms with E-state index in [9.17, 15) is 10.2 Å². The molecule has 3 N–H and O–H groups in total. The molecule has 0 heterocycles. The van der Waals surface area contributed by atoms with E-state index >= 15 is 0 Å². The van der Waals surface area contributed by atoms with E-state index in [-0.39, 0.29) is 5.75 Å². The Bertz CT molecular complexity index is 552. The third-order valence-corrected chi connectivity index (χ3v) is 2.96. The molecule has 0 aliphatic heterocycles. The predicted molar refractivity (Wildman–Crippen MR) is 81.4 cm³/mol. The normalized spacial score (nSPS) is 12.7. The van der Waals surface area contributed by atoms with Gasteiger partial charge in [0, 0.05) is 13.1 Å². The highest BCUT2D eigenvalue weighted by Gasteiger charge is 2.06. The van der Waals surface area contributed by atoms with Gasteiger partial charge in [-0.1, -0.05) is 54.6 Å². The van der Waals surface area contributed by atoms with E-state index in [1.54, 1.807) is 24.3 Å². The Hall–Kier alpha value is -2.10. The zero-order chi connectivity index (χ0) is 14.2. The molecule has 2 rings (SSSR count). The van der Waals surface area contributed by atoms with Gasteiger partial charge in [-0.15, -0.1) is 0 Å². The van der Waals surface area contributed by atoms with Crippen molar-refractivity contribution in [3.63, 3.8) is 0 Å². The van der Waals surface area contributed by atoms with Gasteiger partial charge in [-0.25, -0.2) is 0 Å². The van der Waals surface area contributed by atoms with Crippen molar-refractivity contribution in [1.82, 2.24) is 5.32 Å². The Morgan fingerprint density at radius 1 is 1.05 bits per heavy atom. The SMILES string of the molecule is Oc1cccc(C(O)CNCC=Cc2ccccc2)c1. The zero-order valence-corrected chi connectivity index (χ0v) is 11.2. The van der Waals surface area contributed by atoms with Gasteiger partial charge in [0.1, 0.15) is 5.75 Å². The molecule has 0 saturated carbocycles. The van der Waals surface area contributed by atoms with Gasteiger partial charge < -0.3 is 15.5 Å². The van der Waals surface area contributed by atoms with Crippen LogP contribution in [0.1, 0.15) is 17.2 Å². The lowest BCUT2D eigenvalue weighted by Crippen LogP contribution is -2.21. The van der Waals surface area contributed by atoms with E-state index < -0.39 is 6.10 Å². The lowest BCUT2D eigenvalue weighted by atomic mass is 10.1. The van der Waals surface area contributed by atoms with Gasteiger partial charge >= 0.3 is 0 Å². The zero-order valence-electron chi connectivity index (χ0n) is 11.2. The first kappa shape index (κ1) is 14.3. The summed E-state index contributed by atoms with van der Waals surface area (Å²) in [6.07, 6.45) is 3.44. The molecule has 3 nitrogen and oxygen atoms in total. The summed E-state index contributed by atoms with van der Waals surface area (Å²) in [6.45, 7) is 1.13. The van der Waals surface area contributed by atoms with Crippen molar-refractivity contribution >= 4 is 6.08 Å². The van der Waals surface area contributed by atoms with E-state index in [4.69, 9.17) is 0 Å². The maximum atomic E-state index is 9.96. The van der Waals surface area contributed by atoms with Gasteiger partial charge in [0.2, 0.25) is 0 Å². The van der Waals surface area contributed by atoms with Crippen LogP contribution in [0.2, 0.25) is 0 Å². The average molecular weight is 269 g/mol. The Morgan fingerprint density at radius 2 is 1.85 bits per heavy atom. The monoisotopic (exact) mass is 269 g/mol. The maximum Gasteiger partial charge on any atom is 0.115 e. The topological polar surface area (TPSA) is 52.5 Å². The lowest BCUT2D eigenvalue weighted by molar-refractivity contribution is 0.176. The molecule has 2 aromatic rings. The molecule has 0 radical (unpaired) electrons. The number of hydrogen-bond donors (Lipinski definition) is 3. The number of aliphatic hydroxyl groups excluding tert-OH is 1. The van der Waals surface area contributed by atoms with Crippen LogP contribution in [0.3, 0.4) is 0 Å². The van der Waals surface area contributed by atoms with Crippen molar-refractivity contribution in [2.45, 2.75) is 6.10 Å². The Labute approximate surface area is 119 Å². The largest absolute Gasteiger partial charge is 0.508 e. The fourth-order valence-electron chi connectivity index (χ4n) is 1.91. The first-order valence-corrected chi connectivity index (χ1v) is 6.65. The van der Waals surface area contributed by atoms with Crippen LogP contribution in [-0.4, -0.2) is 23.3 Å². The van der Waals surface area contributed by atoms with E-state index in [0.29, 0.717) is 18.7 Å². The van der Waals surface area contributed by atoms with Crippen molar-refractivity contribution < 1.29 is 10.2 Å². The van der Waals surface area contributed by atoms with Crippen LogP contribution in [0, 0.1) is 0 Å². The first-order chi connectivity index (χ1) is 9.75. The number of hydrogen-bond acceptors (Lipinski definition) is 3. The fourth-order valence-corrected chi connectivity index (χ4v) is 1.91.